The number of hydrogen-bond donors (Lipinski definition) is 3. The maximum absolute atomic E-state index is 12.3. The minimum absolute atomic E-state index is 0.0794. The fourth-order valence-electron chi connectivity index (χ4n) is 2.57. The third-order valence-corrected chi connectivity index (χ3v) is 4.18. The van der Waals surface area contributed by atoms with Gasteiger partial charge in [0.2, 0.25) is 11.8 Å². The van der Waals surface area contributed by atoms with Crippen LogP contribution in [0.15, 0.2) is 48.5 Å². The van der Waals surface area contributed by atoms with Crippen molar-refractivity contribution in [1.82, 2.24) is 5.32 Å². The van der Waals surface area contributed by atoms with E-state index in [0.29, 0.717) is 23.8 Å². The third-order valence-electron chi connectivity index (χ3n) is 3.93. The summed E-state index contributed by atoms with van der Waals surface area (Å²) in [6.45, 7) is 1.01. The van der Waals surface area contributed by atoms with Gasteiger partial charge in [-0.25, -0.2) is 0 Å². The average molecular weight is 344 g/mol. The minimum Gasteiger partial charge on any atom is -0.379 e. The second-order valence-corrected chi connectivity index (χ2v) is 6.16. The Labute approximate surface area is 145 Å². The second kappa shape index (κ2) is 7.36. The van der Waals surface area contributed by atoms with Crippen molar-refractivity contribution < 1.29 is 9.59 Å². The fraction of sp³-hybridized carbons (Fsp3) is 0.222. The maximum Gasteiger partial charge on any atom is 0.229 e. The first-order chi connectivity index (χ1) is 11.6. The van der Waals surface area contributed by atoms with Gasteiger partial charge in [-0.05, 0) is 29.8 Å². The zero-order valence-corrected chi connectivity index (χ0v) is 13.8. The lowest BCUT2D eigenvalue weighted by atomic mass is 10.1. The van der Waals surface area contributed by atoms with Crippen molar-refractivity contribution in [2.24, 2.45) is 5.92 Å². The van der Waals surface area contributed by atoms with Gasteiger partial charge >= 0.3 is 0 Å². The zero-order valence-electron chi connectivity index (χ0n) is 13.0. The first-order valence-electron chi connectivity index (χ1n) is 7.77. The van der Waals surface area contributed by atoms with E-state index in [-0.39, 0.29) is 24.2 Å². The minimum atomic E-state index is -0.318. The lowest BCUT2D eigenvalue weighted by Gasteiger charge is -2.15. The van der Waals surface area contributed by atoms with Crippen molar-refractivity contribution in [2.45, 2.75) is 13.0 Å². The molecule has 1 fully saturated rings. The second-order valence-electron chi connectivity index (χ2n) is 5.72. The van der Waals surface area contributed by atoms with Gasteiger partial charge in [-0.15, -0.1) is 0 Å². The van der Waals surface area contributed by atoms with E-state index in [2.05, 4.69) is 16.0 Å². The number of nitrogens with one attached hydrogen (secondary N) is 3. The van der Waals surface area contributed by atoms with Gasteiger partial charge in [-0.1, -0.05) is 35.9 Å². The number of carbonyl (C=O) groups excluding carboxylic acids is 2. The third kappa shape index (κ3) is 4.06. The van der Waals surface area contributed by atoms with Crippen LogP contribution >= 0.6 is 11.6 Å². The van der Waals surface area contributed by atoms with Crippen molar-refractivity contribution in [3.8, 4) is 0 Å². The average Bonchev–Trinajstić information content (AvgIpc) is 3.02. The summed E-state index contributed by atoms with van der Waals surface area (Å²) in [7, 11) is 0. The lowest BCUT2D eigenvalue weighted by molar-refractivity contribution is -0.123. The number of rotatable bonds is 5. The number of halogens is 1. The summed E-state index contributed by atoms with van der Waals surface area (Å²) in [5.74, 6) is -0.541. The highest BCUT2D eigenvalue weighted by atomic mass is 35.5. The van der Waals surface area contributed by atoms with Crippen LogP contribution in [0.3, 0.4) is 0 Å². The Morgan fingerprint density at radius 2 is 1.83 bits per heavy atom. The highest BCUT2D eigenvalue weighted by molar-refractivity contribution is 6.30. The van der Waals surface area contributed by atoms with Gasteiger partial charge in [0.05, 0.1) is 17.3 Å². The number of carbonyl (C=O) groups is 2. The molecule has 1 aliphatic heterocycles. The quantitative estimate of drug-likeness (QED) is 0.781. The highest BCUT2D eigenvalue weighted by Crippen LogP contribution is 2.23. The molecular weight excluding hydrogens is 326 g/mol. The van der Waals surface area contributed by atoms with Crippen molar-refractivity contribution >= 4 is 34.8 Å². The number of para-hydroxylation sites is 2. The van der Waals surface area contributed by atoms with Crippen LogP contribution in [-0.4, -0.2) is 18.4 Å². The standard InChI is InChI=1S/C18H18ClN3O2/c19-14-7-5-12(6-8-14)10-20-15-3-1-2-4-16(15)22-18(24)13-9-17(23)21-11-13/h1-8,13,20H,9-11H2,(H,21,23)(H,22,24). The molecule has 2 aromatic carbocycles. The Kier molecular flexibility index (Phi) is 5.01. The van der Waals surface area contributed by atoms with E-state index in [0.717, 1.165) is 11.3 Å². The first-order valence-corrected chi connectivity index (χ1v) is 8.14. The summed E-state index contributed by atoms with van der Waals surface area (Å²) >= 11 is 5.89. The van der Waals surface area contributed by atoms with Crippen molar-refractivity contribution in [2.75, 3.05) is 17.2 Å². The molecule has 24 heavy (non-hydrogen) atoms. The number of benzene rings is 2. The van der Waals surface area contributed by atoms with Crippen LogP contribution < -0.4 is 16.0 Å². The number of hydrogen-bond acceptors (Lipinski definition) is 3. The molecule has 6 heteroatoms. The van der Waals surface area contributed by atoms with E-state index in [1.165, 1.54) is 0 Å². The number of amides is 2. The molecule has 0 radical (unpaired) electrons. The Hall–Kier alpha value is -2.53. The number of anilines is 2. The van der Waals surface area contributed by atoms with E-state index in [1.807, 2.05) is 48.5 Å². The Bertz CT molecular complexity index is 746. The molecule has 0 bridgehead atoms. The van der Waals surface area contributed by atoms with Gasteiger partial charge in [0.1, 0.15) is 0 Å². The molecule has 2 aromatic rings. The van der Waals surface area contributed by atoms with Crippen molar-refractivity contribution in [3.05, 3.63) is 59.1 Å². The summed E-state index contributed by atoms with van der Waals surface area (Å²) in [4.78, 5) is 23.5. The normalized spacial score (nSPS) is 16.5. The Morgan fingerprint density at radius 3 is 2.50 bits per heavy atom. The molecule has 3 N–H and O–H groups in total. The molecule has 1 heterocycles. The molecular formula is C18H18ClN3O2. The molecule has 0 spiro atoms. The predicted octanol–water partition coefficient (Wildman–Crippen LogP) is 3.03. The summed E-state index contributed by atoms with van der Waals surface area (Å²) in [6, 6.07) is 15.1. The summed E-state index contributed by atoms with van der Waals surface area (Å²) in [5, 5.41) is 9.59. The van der Waals surface area contributed by atoms with Crippen LogP contribution in [0.1, 0.15) is 12.0 Å². The van der Waals surface area contributed by atoms with Crippen LogP contribution in [-0.2, 0) is 16.1 Å². The summed E-state index contributed by atoms with van der Waals surface area (Å²) < 4.78 is 0. The van der Waals surface area contributed by atoms with Gasteiger partial charge in [0, 0.05) is 24.5 Å². The maximum atomic E-state index is 12.3. The predicted molar refractivity (Wildman–Crippen MR) is 95.0 cm³/mol. The van der Waals surface area contributed by atoms with E-state index in [9.17, 15) is 9.59 Å². The Balaban J connectivity index is 1.65. The smallest absolute Gasteiger partial charge is 0.229 e. The molecule has 124 valence electrons. The molecule has 0 aromatic heterocycles. The molecule has 2 amide bonds. The molecule has 0 aliphatic carbocycles. The molecule has 0 saturated carbocycles. The van der Waals surface area contributed by atoms with Crippen LogP contribution in [0, 0.1) is 5.92 Å². The monoisotopic (exact) mass is 343 g/mol. The Morgan fingerprint density at radius 1 is 1.12 bits per heavy atom. The summed E-state index contributed by atoms with van der Waals surface area (Å²) in [6.07, 6.45) is 0.242. The fourth-order valence-corrected chi connectivity index (χ4v) is 2.70. The van der Waals surface area contributed by atoms with Gasteiger partial charge in [0.25, 0.3) is 0 Å². The van der Waals surface area contributed by atoms with Crippen LogP contribution in [0.25, 0.3) is 0 Å². The van der Waals surface area contributed by atoms with Crippen LogP contribution in [0.5, 0.6) is 0 Å². The first kappa shape index (κ1) is 16.3. The SMILES string of the molecule is O=C1CC(C(=O)Nc2ccccc2NCc2ccc(Cl)cc2)CN1. The van der Waals surface area contributed by atoms with Crippen molar-refractivity contribution in [3.63, 3.8) is 0 Å². The van der Waals surface area contributed by atoms with Crippen LogP contribution in [0.4, 0.5) is 11.4 Å². The molecule has 1 saturated heterocycles. The van der Waals surface area contributed by atoms with Crippen LogP contribution in [0.2, 0.25) is 5.02 Å². The van der Waals surface area contributed by atoms with E-state index < -0.39 is 0 Å². The van der Waals surface area contributed by atoms with Gasteiger partial charge < -0.3 is 16.0 Å². The molecule has 1 unspecified atom stereocenters. The molecule has 1 atom stereocenters. The zero-order chi connectivity index (χ0) is 16.9. The summed E-state index contributed by atoms with van der Waals surface area (Å²) in [5.41, 5.74) is 2.63. The molecule has 3 rings (SSSR count). The largest absolute Gasteiger partial charge is 0.379 e. The topological polar surface area (TPSA) is 70.2 Å². The van der Waals surface area contributed by atoms with Gasteiger partial charge in [-0.2, -0.15) is 0 Å². The van der Waals surface area contributed by atoms with E-state index in [1.54, 1.807) is 0 Å². The van der Waals surface area contributed by atoms with Gasteiger partial charge in [-0.3, -0.25) is 9.59 Å². The van der Waals surface area contributed by atoms with Gasteiger partial charge in [0.15, 0.2) is 0 Å². The molecule has 1 aliphatic rings. The highest BCUT2D eigenvalue weighted by Gasteiger charge is 2.28. The van der Waals surface area contributed by atoms with Crippen molar-refractivity contribution in [1.29, 1.82) is 0 Å². The van der Waals surface area contributed by atoms with E-state index >= 15 is 0 Å². The molecule has 5 nitrogen and oxygen atoms in total. The van der Waals surface area contributed by atoms with E-state index in [4.69, 9.17) is 11.6 Å². The lowest BCUT2D eigenvalue weighted by Crippen LogP contribution is -2.25.